The number of rotatable bonds is 3. The van der Waals surface area contributed by atoms with Crippen LogP contribution in [0.4, 0.5) is 36.4 Å². The molecule has 0 aliphatic heterocycles. The lowest BCUT2D eigenvalue weighted by Crippen LogP contribution is -2.57. The minimum absolute atomic E-state index is 0.149. The van der Waals surface area contributed by atoms with Crippen molar-refractivity contribution in [2.75, 3.05) is 5.32 Å². The maximum atomic E-state index is 12.9. The third-order valence-corrected chi connectivity index (χ3v) is 2.39. The van der Waals surface area contributed by atoms with Gasteiger partial charge in [0.15, 0.2) is 0 Å². The molecule has 1 rings (SSSR count). The summed E-state index contributed by atoms with van der Waals surface area (Å²) in [6.45, 7) is 0. The van der Waals surface area contributed by atoms with Gasteiger partial charge in [-0.3, -0.25) is 4.79 Å². The molecule has 1 aromatic rings. The Labute approximate surface area is 112 Å². The Bertz CT molecular complexity index is 497. The average Bonchev–Trinajstić information content (AvgIpc) is 2.30. The van der Waals surface area contributed by atoms with Crippen LogP contribution in [-0.2, 0) is 4.79 Å². The first-order valence-electron chi connectivity index (χ1n) is 4.79. The van der Waals surface area contributed by atoms with E-state index in [1.165, 1.54) is 5.32 Å². The van der Waals surface area contributed by atoms with Crippen molar-refractivity contribution in [3.05, 3.63) is 29.3 Å². The Balaban J connectivity index is 2.98. The minimum Gasteiger partial charge on any atom is -0.321 e. The van der Waals surface area contributed by atoms with Gasteiger partial charge in [0.1, 0.15) is 0 Å². The normalized spacial score (nSPS) is 13.2. The number of carbonyl (C=O) groups is 1. The zero-order valence-corrected chi connectivity index (χ0v) is 10.00. The molecule has 0 aliphatic carbocycles. The van der Waals surface area contributed by atoms with E-state index < -0.39 is 29.6 Å². The molecule has 112 valence electrons. The zero-order chi connectivity index (χ0) is 15.8. The van der Waals surface area contributed by atoms with Gasteiger partial charge in [-0.2, -0.15) is 30.7 Å². The molecule has 0 bridgehead atoms. The number of benzene rings is 1. The summed E-state index contributed by atoms with van der Waals surface area (Å²) in [4.78, 5) is 10.9. The van der Waals surface area contributed by atoms with Crippen LogP contribution in [0, 0.1) is 0 Å². The number of hydrogen-bond acceptors (Lipinski definition) is 1. The number of anilines is 1. The lowest BCUT2D eigenvalue weighted by Gasteiger charge is -2.27. The van der Waals surface area contributed by atoms with E-state index in [-0.39, 0.29) is 5.02 Å². The summed E-state index contributed by atoms with van der Waals surface area (Å²) >= 11 is 5.44. The van der Waals surface area contributed by atoms with Crippen molar-refractivity contribution in [1.29, 1.82) is 0 Å². The highest BCUT2D eigenvalue weighted by molar-refractivity contribution is 6.30. The molecular weight excluding hydrogens is 319 g/mol. The van der Waals surface area contributed by atoms with Gasteiger partial charge in [-0.05, 0) is 24.3 Å². The van der Waals surface area contributed by atoms with E-state index in [0.717, 1.165) is 24.3 Å². The highest BCUT2D eigenvalue weighted by Gasteiger charge is 2.76. The van der Waals surface area contributed by atoms with Crippen molar-refractivity contribution in [2.24, 2.45) is 0 Å². The monoisotopic (exact) mass is 323 g/mol. The summed E-state index contributed by atoms with van der Waals surface area (Å²) in [6, 6.07) is 4.17. The van der Waals surface area contributed by atoms with E-state index in [9.17, 15) is 35.5 Å². The van der Waals surface area contributed by atoms with Crippen LogP contribution in [-0.4, -0.2) is 23.9 Å². The van der Waals surface area contributed by atoms with Gasteiger partial charge < -0.3 is 5.32 Å². The molecule has 0 spiro atoms. The third kappa shape index (κ3) is 2.97. The summed E-state index contributed by atoms with van der Waals surface area (Å²) in [6.07, 6.45) is -6.56. The molecule has 20 heavy (non-hydrogen) atoms. The maximum absolute atomic E-state index is 12.9. The van der Waals surface area contributed by atoms with Crippen molar-refractivity contribution >= 4 is 23.2 Å². The van der Waals surface area contributed by atoms with Crippen LogP contribution < -0.4 is 5.32 Å². The quantitative estimate of drug-likeness (QED) is 0.833. The molecular formula is C10H5ClF7NO. The molecule has 0 aliphatic rings. The van der Waals surface area contributed by atoms with Crippen molar-refractivity contribution in [3.8, 4) is 0 Å². The van der Waals surface area contributed by atoms with Crippen molar-refractivity contribution < 1.29 is 35.5 Å². The largest absolute Gasteiger partial charge is 0.460 e. The Morgan fingerprint density at radius 1 is 0.950 bits per heavy atom. The standard InChI is InChI=1S/C10H5ClF7NO/c11-5-1-3-6(4-2-5)19-7(20)8(12,13)9(14,15)10(16,17)18/h1-4H,(H,19,20). The van der Waals surface area contributed by atoms with Crippen LogP contribution in [0.25, 0.3) is 0 Å². The molecule has 0 atom stereocenters. The fraction of sp³-hybridized carbons (Fsp3) is 0.300. The molecule has 0 radical (unpaired) electrons. The van der Waals surface area contributed by atoms with Crippen molar-refractivity contribution in [3.63, 3.8) is 0 Å². The van der Waals surface area contributed by atoms with Gasteiger partial charge in [0.25, 0.3) is 0 Å². The van der Waals surface area contributed by atoms with Crippen LogP contribution in [0.3, 0.4) is 0 Å². The molecule has 1 N–H and O–H groups in total. The number of halogens is 8. The van der Waals surface area contributed by atoms with E-state index in [0.29, 0.717) is 0 Å². The first-order valence-corrected chi connectivity index (χ1v) is 5.17. The summed E-state index contributed by atoms with van der Waals surface area (Å²) in [5.74, 6) is -15.2. The SMILES string of the molecule is O=C(Nc1ccc(Cl)cc1)C(F)(F)C(F)(F)C(F)(F)F. The van der Waals surface area contributed by atoms with Crippen molar-refractivity contribution in [2.45, 2.75) is 18.0 Å². The predicted octanol–water partition coefficient (Wildman–Crippen LogP) is 4.11. The molecule has 0 aromatic heterocycles. The average molecular weight is 324 g/mol. The highest BCUT2D eigenvalue weighted by Crippen LogP contribution is 2.46. The molecule has 0 heterocycles. The second-order valence-electron chi connectivity index (χ2n) is 3.61. The van der Waals surface area contributed by atoms with Crippen LogP contribution >= 0.6 is 11.6 Å². The number of alkyl halides is 7. The lowest BCUT2D eigenvalue weighted by atomic mass is 10.1. The fourth-order valence-corrected chi connectivity index (χ4v) is 1.19. The minimum atomic E-state index is -6.56. The van der Waals surface area contributed by atoms with Gasteiger partial charge >= 0.3 is 23.9 Å². The molecule has 0 saturated carbocycles. The van der Waals surface area contributed by atoms with Gasteiger partial charge in [-0.1, -0.05) is 11.6 Å². The summed E-state index contributed by atoms with van der Waals surface area (Å²) in [5.41, 5.74) is -0.406. The first-order chi connectivity index (χ1) is 8.89. The number of hydrogen-bond donors (Lipinski definition) is 1. The summed E-state index contributed by atoms with van der Waals surface area (Å²) in [5, 5.41) is 1.41. The second kappa shape index (κ2) is 5.12. The van der Waals surface area contributed by atoms with Crippen LogP contribution in [0.15, 0.2) is 24.3 Å². The first kappa shape index (κ1) is 16.5. The van der Waals surface area contributed by atoms with Gasteiger partial charge in [-0.15, -0.1) is 0 Å². The van der Waals surface area contributed by atoms with Crippen LogP contribution in [0.1, 0.15) is 0 Å². The molecule has 0 unspecified atom stereocenters. The second-order valence-corrected chi connectivity index (χ2v) is 4.04. The van der Waals surface area contributed by atoms with E-state index in [1.54, 1.807) is 0 Å². The fourth-order valence-electron chi connectivity index (χ4n) is 1.06. The Hall–Kier alpha value is -1.51. The molecule has 0 saturated heterocycles. The Kier molecular flexibility index (Phi) is 4.23. The number of amides is 1. The van der Waals surface area contributed by atoms with Gasteiger partial charge in [0.2, 0.25) is 0 Å². The van der Waals surface area contributed by atoms with E-state index in [4.69, 9.17) is 11.6 Å². The highest BCUT2D eigenvalue weighted by atomic mass is 35.5. The smallest absolute Gasteiger partial charge is 0.321 e. The lowest BCUT2D eigenvalue weighted by molar-refractivity contribution is -0.343. The Morgan fingerprint density at radius 3 is 1.80 bits per heavy atom. The number of carbonyl (C=O) groups excluding carboxylic acids is 1. The summed E-state index contributed by atoms with van der Waals surface area (Å²) < 4.78 is 86.6. The van der Waals surface area contributed by atoms with E-state index in [2.05, 4.69) is 0 Å². The third-order valence-electron chi connectivity index (χ3n) is 2.14. The molecule has 0 fully saturated rings. The van der Waals surface area contributed by atoms with Crippen LogP contribution in [0.5, 0.6) is 0 Å². The van der Waals surface area contributed by atoms with E-state index in [1.807, 2.05) is 0 Å². The molecule has 10 heteroatoms. The van der Waals surface area contributed by atoms with Crippen LogP contribution in [0.2, 0.25) is 5.02 Å². The zero-order valence-electron chi connectivity index (χ0n) is 9.24. The van der Waals surface area contributed by atoms with E-state index >= 15 is 0 Å². The molecule has 1 amide bonds. The topological polar surface area (TPSA) is 29.1 Å². The summed E-state index contributed by atoms with van der Waals surface area (Å²) in [7, 11) is 0. The van der Waals surface area contributed by atoms with Crippen molar-refractivity contribution in [1.82, 2.24) is 0 Å². The maximum Gasteiger partial charge on any atom is 0.460 e. The molecule has 1 aromatic carbocycles. The Morgan fingerprint density at radius 2 is 1.40 bits per heavy atom. The van der Waals surface area contributed by atoms with Gasteiger partial charge in [0.05, 0.1) is 0 Å². The van der Waals surface area contributed by atoms with Gasteiger partial charge in [-0.25, -0.2) is 0 Å². The molecule has 2 nitrogen and oxygen atoms in total. The number of nitrogens with one attached hydrogen (secondary N) is 1. The van der Waals surface area contributed by atoms with Gasteiger partial charge in [0, 0.05) is 10.7 Å². The predicted molar refractivity (Wildman–Crippen MR) is 56.0 cm³/mol.